The number of benzene rings is 2. The van der Waals surface area contributed by atoms with Gasteiger partial charge in [-0.2, -0.15) is 0 Å². The summed E-state index contributed by atoms with van der Waals surface area (Å²) in [5.74, 6) is 1.25. The molecular weight excluding hydrogens is 546 g/mol. The van der Waals surface area contributed by atoms with E-state index in [1.54, 1.807) is 6.07 Å². The highest BCUT2D eigenvalue weighted by atomic mass is 35.5. The predicted octanol–water partition coefficient (Wildman–Crippen LogP) is 5.06. The van der Waals surface area contributed by atoms with Gasteiger partial charge in [-0.1, -0.05) is 30.5 Å². The minimum absolute atomic E-state index is 0.0405. The molecule has 2 aliphatic carbocycles. The molecule has 1 amide bonds. The number of carbonyl (C=O) groups excluding carboxylic acids is 1. The molecule has 1 saturated carbocycles. The van der Waals surface area contributed by atoms with Crippen LogP contribution in [0.5, 0.6) is 5.75 Å². The van der Waals surface area contributed by atoms with E-state index in [1.807, 2.05) is 18.2 Å². The summed E-state index contributed by atoms with van der Waals surface area (Å²) in [4.78, 5) is 15.6. The second-order valence-electron chi connectivity index (χ2n) is 12.3. The minimum Gasteiger partial charge on any atom is -0.490 e. The lowest BCUT2D eigenvalue weighted by molar-refractivity contribution is 0.0981. The maximum Gasteiger partial charge on any atom is 0.264 e. The van der Waals surface area contributed by atoms with Crippen LogP contribution >= 0.6 is 11.6 Å². The number of nitrogens with one attached hydrogen (secondary N) is 2. The predicted molar refractivity (Wildman–Crippen MR) is 159 cm³/mol. The summed E-state index contributed by atoms with van der Waals surface area (Å²) in [7, 11) is -1.65. The van der Waals surface area contributed by atoms with Gasteiger partial charge in [0.05, 0.1) is 18.0 Å². The van der Waals surface area contributed by atoms with Crippen molar-refractivity contribution in [3.63, 3.8) is 0 Å². The van der Waals surface area contributed by atoms with Crippen LogP contribution in [0.2, 0.25) is 5.02 Å². The summed E-state index contributed by atoms with van der Waals surface area (Å²) >= 11 is 6.40. The van der Waals surface area contributed by atoms with Crippen LogP contribution in [0.3, 0.4) is 0 Å². The van der Waals surface area contributed by atoms with Crippen molar-refractivity contribution in [3.05, 3.63) is 58.1 Å². The number of rotatable bonds is 1. The van der Waals surface area contributed by atoms with E-state index in [-0.39, 0.29) is 11.2 Å². The van der Waals surface area contributed by atoms with Gasteiger partial charge in [0.25, 0.3) is 5.91 Å². The van der Waals surface area contributed by atoms with E-state index in [0.29, 0.717) is 36.5 Å². The van der Waals surface area contributed by atoms with Crippen LogP contribution in [0, 0.1) is 11.8 Å². The first kappa shape index (κ1) is 27.9. The number of halogens is 1. The van der Waals surface area contributed by atoms with Gasteiger partial charge in [-0.05, 0) is 105 Å². The summed E-state index contributed by atoms with van der Waals surface area (Å²) in [5, 5.41) is 4.34. The Hall–Kier alpha value is -2.29. The Bertz CT molecular complexity index is 1380. The highest BCUT2D eigenvalue weighted by Gasteiger charge is 2.44. The fourth-order valence-corrected chi connectivity index (χ4v) is 8.83. The summed E-state index contributed by atoms with van der Waals surface area (Å²) in [6.07, 6.45) is 8.88. The topological polar surface area (TPSA) is 87.7 Å². The van der Waals surface area contributed by atoms with Crippen molar-refractivity contribution in [2.75, 3.05) is 37.4 Å². The number of carbonyl (C=O) groups is 1. The number of fused-ring (bicyclic) bond motifs is 4. The molecule has 2 N–H and O–H groups in total. The number of anilines is 1. The molecule has 40 heavy (non-hydrogen) atoms. The third-order valence-electron chi connectivity index (χ3n) is 9.79. The number of ether oxygens (including phenoxy) is 1. The summed E-state index contributed by atoms with van der Waals surface area (Å²) in [6.45, 7) is 2.22. The molecule has 2 bridgehead atoms. The maximum atomic E-state index is 13.1. The maximum absolute atomic E-state index is 13.1. The Morgan fingerprint density at radius 3 is 2.75 bits per heavy atom. The first-order valence-electron chi connectivity index (χ1n) is 14.8. The molecule has 0 aromatic heterocycles. The van der Waals surface area contributed by atoms with Crippen LogP contribution in [-0.2, 0) is 21.9 Å². The van der Waals surface area contributed by atoms with Crippen molar-refractivity contribution in [1.82, 2.24) is 10.0 Å². The highest BCUT2D eigenvalue weighted by molar-refractivity contribution is 7.90. The van der Waals surface area contributed by atoms with E-state index in [2.05, 4.69) is 34.1 Å². The molecule has 4 atom stereocenters. The molecule has 7 nitrogen and oxygen atoms in total. The SMILES string of the molecule is CN[C@@H]1CCCCCS(=O)(=O)NC(=O)c2ccc3c(c2)N(C[C@@H]2CC[C@H]21)C[C@@]1(CCCc2cc(Cl)ccc21)CO3. The third kappa shape index (κ3) is 5.47. The smallest absolute Gasteiger partial charge is 0.264 e. The van der Waals surface area contributed by atoms with Gasteiger partial charge in [0, 0.05) is 35.1 Å². The van der Waals surface area contributed by atoms with Crippen molar-refractivity contribution in [1.29, 1.82) is 0 Å². The van der Waals surface area contributed by atoms with Crippen molar-refractivity contribution in [2.45, 2.75) is 69.2 Å². The molecule has 0 saturated heterocycles. The van der Waals surface area contributed by atoms with E-state index in [0.717, 1.165) is 68.1 Å². The first-order valence-corrected chi connectivity index (χ1v) is 16.8. The number of hydrogen-bond donors (Lipinski definition) is 2. The Balaban J connectivity index is 1.41. The largest absolute Gasteiger partial charge is 0.490 e. The van der Waals surface area contributed by atoms with E-state index in [9.17, 15) is 13.2 Å². The number of sulfonamides is 1. The molecule has 6 rings (SSSR count). The summed E-state index contributed by atoms with van der Waals surface area (Å²) < 4.78 is 34.3. The molecule has 0 unspecified atom stereocenters. The molecule has 1 spiro atoms. The summed E-state index contributed by atoms with van der Waals surface area (Å²) in [6, 6.07) is 12.0. The normalized spacial score (nSPS) is 30.2. The van der Waals surface area contributed by atoms with Gasteiger partial charge in [-0.3, -0.25) is 4.79 Å². The Labute approximate surface area is 243 Å². The van der Waals surface area contributed by atoms with Gasteiger partial charge >= 0.3 is 0 Å². The van der Waals surface area contributed by atoms with E-state index < -0.39 is 15.9 Å². The van der Waals surface area contributed by atoms with Gasteiger partial charge < -0.3 is 15.0 Å². The second kappa shape index (κ2) is 11.2. The second-order valence-corrected chi connectivity index (χ2v) is 14.6. The van der Waals surface area contributed by atoms with E-state index in [4.69, 9.17) is 16.3 Å². The van der Waals surface area contributed by atoms with Gasteiger partial charge in [-0.25, -0.2) is 13.1 Å². The molecule has 4 aliphatic rings. The third-order valence-corrected chi connectivity index (χ3v) is 11.4. The summed E-state index contributed by atoms with van der Waals surface area (Å²) in [5.41, 5.74) is 3.64. The van der Waals surface area contributed by atoms with Crippen molar-refractivity contribution in [2.24, 2.45) is 11.8 Å². The van der Waals surface area contributed by atoms with Gasteiger partial charge in [0.2, 0.25) is 10.0 Å². The average Bonchev–Trinajstić information content (AvgIpc) is 3.06. The molecule has 2 aliphatic heterocycles. The number of hydrogen-bond acceptors (Lipinski definition) is 6. The fraction of sp³-hybridized carbons (Fsp3) is 0.581. The highest BCUT2D eigenvalue weighted by Crippen LogP contribution is 2.47. The quantitative estimate of drug-likeness (QED) is 0.486. The fourth-order valence-electron chi connectivity index (χ4n) is 7.55. The van der Waals surface area contributed by atoms with Crippen LogP contribution in [0.4, 0.5) is 5.69 Å². The van der Waals surface area contributed by atoms with Crippen LogP contribution in [-0.4, -0.2) is 52.9 Å². The monoisotopic (exact) mass is 585 g/mol. The molecule has 216 valence electrons. The zero-order valence-electron chi connectivity index (χ0n) is 23.3. The first-order chi connectivity index (χ1) is 19.3. The Morgan fingerprint density at radius 1 is 1.07 bits per heavy atom. The van der Waals surface area contributed by atoms with E-state index in [1.165, 1.54) is 24.0 Å². The van der Waals surface area contributed by atoms with Gasteiger partial charge in [-0.15, -0.1) is 0 Å². The minimum atomic E-state index is -3.71. The Kier molecular flexibility index (Phi) is 7.79. The standard InChI is InChI=1S/C31H40ClN3O4S/c1-33-27-7-3-2-4-15-40(37,38)34-30(36)22-9-13-29-28(17-22)35(18-23-8-11-25(23)27)19-31(20-39-29)14-5-6-21-16-24(32)10-12-26(21)31/h9-10,12-13,16-17,23,25,27,33H,2-8,11,14-15,18-20H2,1H3,(H,34,36)/t23-,25+,27+,31-/m0/s1. The lowest BCUT2D eigenvalue weighted by Gasteiger charge is -2.46. The number of amides is 1. The lowest BCUT2D eigenvalue weighted by atomic mass is 9.67. The van der Waals surface area contributed by atoms with Crippen molar-refractivity contribution in [3.8, 4) is 5.75 Å². The van der Waals surface area contributed by atoms with Gasteiger partial charge in [0.1, 0.15) is 5.75 Å². The molecule has 0 radical (unpaired) electrons. The number of aryl methyl sites for hydroxylation is 1. The average molecular weight is 586 g/mol. The Morgan fingerprint density at radius 2 is 1.95 bits per heavy atom. The molecule has 9 heteroatoms. The molecule has 2 aromatic rings. The molecule has 1 fully saturated rings. The van der Waals surface area contributed by atoms with Crippen molar-refractivity contribution < 1.29 is 17.9 Å². The van der Waals surface area contributed by atoms with Crippen LogP contribution in [0.1, 0.15) is 72.9 Å². The van der Waals surface area contributed by atoms with Crippen LogP contribution in [0.15, 0.2) is 36.4 Å². The molecular formula is C31H40ClN3O4S. The van der Waals surface area contributed by atoms with E-state index >= 15 is 0 Å². The lowest BCUT2D eigenvalue weighted by Crippen LogP contribution is -2.51. The van der Waals surface area contributed by atoms with Gasteiger partial charge in [0.15, 0.2) is 0 Å². The van der Waals surface area contributed by atoms with Crippen molar-refractivity contribution >= 4 is 33.2 Å². The molecule has 2 aromatic carbocycles. The molecule has 2 heterocycles. The zero-order valence-corrected chi connectivity index (χ0v) is 24.8. The van der Waals surface area contributed by atoms with Crippen LogP contribution < -0.4 is 19.7 Å². The number of nitrogens with zero attached hydrogens (tertiary/aromatic N) is 1. The zero-order chi connectivity index (χ0) is 27.9. The van der Waals surface area contributed by atoms with Crippen LogP contribution in [0.25, 0.3) is 0 Å².